The van der Waals surface area contributed by atoms with E-state index in [-0.39, 0.29) is 12.4 Å². The maximum absolute atomic E-state index is 9.36. The minimum Gasteiger partial charge on any atom is -0.487 e. The summed E-state index contributed by atoms with van der Waals surface area (Å²) in [5.74, 6) is 0.239. The van der Waals surface area contributed by atoms with Gasteiger partial charge in [-0.15, -0.1) is 0 Å². The van der Waals surface area contributed by atoms with Gasteiger partial charge in [0.2, 0.25) is 0 Å². The molecule has 1 aliphatic rings. The van der Waals surface area contributed by atoms with E-state index in [1.165, 1.54) is 0 Å². The van der Waals surface area contributed by atoms with Crippen molar-refractivity contribution in [1.82, 2.24) is 0 Å². The summed E-state index contributed by atoms with van der Waals surface area (Å²) < 4.78 is 5.07. The molecule has 1 fully saturated rings. The summed E-state index contributed by atoms with van der Waals surface area (Å²) in [6.45, 7) is -0.385. The molecular weight excluding hydrogens is 192 g/mol. The van der Waals surface area contributed by atoms with Crippen molar-refractivity contribution in [2.75, 3.05) is 6.61 Å². The normalized spacial score (nSPS) is 43.5. The minimum atomic E-state index is -1.29. The Kier molecular flexibility index (Phi) is 3.45. The van der Waals surface area contributed by atoms with Crippen molar-refractivity contribution in [2.45, 2.75) is 24.4 Å². The van der Waals surface area contributed by atoms with Crippen LogP contribution in [0.4, 0.5) is 0 Å². The highest BCUT2D eigenvalue weighted by atomic mass is 28.1. The highest BCUT2D eigenvalue weighted by molar-refractivity contribution is 6.17. The van der Waals surface area contributed by atoms with Crippen molar-refractivity contribution in [3.63, 3.8) is 0 Å². The van der Waals surface area contributed by atoms with Gasteiger partial charge in [-0.25, -0.2) is 0 Å². The molecule has 1 rings (SSSR count). The fraction of sp³-hybridized carbons (Fsp3) is 0.714. The maximum Gasteiger partial charge on any atom is 0.150 e. The molecule has 13 heavy (non-hydrogen) atoms. The van der Waals surface area contributed by atoms with Crippen LogP contribution in [0.1, 0.15) is 0 Å². The Morgan fingerprint density at radius 3 is 2.38 bits per heavy atom. The topological polar surface area (TPSA) is 90.2 Å². The van der Waals surface area contributed by atoms with Gasteiger partial charge in [-0.1, -0.05) is 5.70 Å². The molecule has 4 atom stereocenters. The summed E-state index contributed by atoms with van der Waals surface area (Å²) in [6.07, 6.45) is -4.56. The zero-order valence-corrected chi connectivity index (χ0v) is 9.29. The average molecular weight is 206 g/mol. The summed E-state index contributed by atoms with van der Waals surface area (Å²) in [4.78, 5) is 0. The molecular formula is C7H14O5Si. The Morgan fingerprint density at radius 2 is 1.92 bits per heavy atom. The molecule has 0 radical (unpaired) electrons. The Balaban J connectivity index is 2.78. The van der Waals surface area contributed by atoms with Gasteiger partial charge in [0, 0.05) is 10.2 Å². The monoisotopic (exact) mass is 206 g/mol. The third kappa shape index (κ3) is 1.92. The predicted octanol–water partition coefficient (Wildman–Crippen LogP) is -3.33. The van der Waals surface area contributed by atoms with Crippen LogP contribution in [-0.4, -0.2) is 61.7 Å². The zero-order valence-electron chi connectivity index (χ0n) is 7.29. The molecule has 0 amide bonds. The van der Waals surface area contributed by atoms with Crippen LogP contribution in [0.25, 0.3) is 0 Å². The van der Waals surface area contributed by atoms with Gasteiger partial charge in [-0.3, -0.25) is 0 Å². The van der Waals surface area contributed by atoms with E-state index < -0.39 is 24.4 Å². The molecule has 1 heterocycles. The molecule has 0 bridgehead atoms. The lowest BCUT2D eigenvalue weighted by atomic mass is 9.99. The first-order valence-electron chi connectivity index (χ1n) is 4.09. The van der Waals surface area contributed by atoms with Crippen LogP contribution in [0.15, 0.2) is 11.5 Å². The smallest absolute Gasteiger partial charge is 0.150 e. The fourth-order valence-electron chi connectivity index (χ4n) is 1.27. The molecule has 0 unspecified atom stereocenters. The molecule has 76 valence electrons. The van der Waals surface area contributed by atoms with E-state index in [1.807, 2.05) is 0 Å². The fourth-order valence-corrected chi connectivity index (χ4v) is 1.75. The quantitative estimate of drug-likeness (QED) is 0.337. The van der Waals surface area contributed by atoms with Crippen molar-refractivity contribution in [1.29, 1.82) is 0 Å². The number of ether oxygens (including phenoxy) is 1. The average Bonchev–Trinajstić information content (AvgIpc) is 2.15. The first-order valence-corrected chi connectivity index (χ1v) is 5.25. The van der Waals surface area contributed by atoms with Gasteiger partial charge in [0.05, 0.1) is 6.61 Å². The Morgan fingerprint density at radius 1 is 1.31 bits per heavy atom. The first-order chi connectivity index (χ1) is 6.11. The molecule has 0 aromatic rings. The van der Waals surface area contributed by atoms with Crippen LogP contribution >= 0.6 is 0 Å². The van der Waals surface area contributed by atoms with Crippen LogP contribution in [0.2, 0.25) is 0 Å². The second-order valence-electron chi connectivity index (χ2n) is 2.96. The zero-order chi connectivity index (χ0) is 10.0. The third-order valence-corrected chi connectivity index (χ3v) is 2.67. The number of aliphatic hydroxyl groups is 4. The summed E-state index contributed by atoms with van der Waals surface area (Å²) >= 11 is 0. The van der Waals surface area contributed by atoms with E-state index in [1.54, 1.807) is 5.70 Å². The molecule has 0 aromatic heterocycles. The Hall–Kier alpha value is -0.403. The van der Waals surface area contributed by atoms with Crippen molar-refractivity contribution >= 4 is 10.2 Å². The van der Waals surface area contributed by atoms with Gasteiger partial charge in [0.15, 0.2) is 0 Å². The van der Waals surface area contributed by atoms with Gasteiger partial charge >= 0.3 is 0 Å². The summed E-state index contributed by atoms with van der Waals surface area (Å²) in [5.41, 5.74) is 1.63. The number of rotatable bonds is 1. The second-order valence-corrected chi connectivity index (χ2v) is 3.53. The lowest BCUT2D eigenvalue weighted by molar-refractivity contribution is -0.164. The Labute approximate surface area is 78.7 Å². The van der Waals surface area contributed by atoms with E-state index in [4.69, 9.17) is 9.84 Å². The van der Waals surface area contributed by atoms with E-state index in [0.717, 1.165) is 0 Å². The van der Waals surface area contributed by atoms with Gasteiger partial charge in [0.25, 0.3) is 0 Å². The molecule has 0 spiro atoms. The molecule has 6 heteroatoms. The predicted molar refractivity (Wildman–Crippen MR) is 48.0 cm³/mol. The largest absolute Gasteiger partial charge is 0.487 e. The molecule has 0 aliphatic carbocycles. The van der Waals surface area contributed by atoms with E-state index >= 15 is 0 Å². The molecule has 1 aliphatic heterocycles. The van der Waals surface area contributed by atoms with Crippen molar-refractivity contribution < 1.29 is 25.2 Å². The molecule has 1 saturated heterocycles. The SMILES string of the molecule is OC[C@H]1OC(=C[SiH3])[C@H](O)[C@@H](O)[C@@H]1O. The summed E-state index contributed by atoms with van der Waals surface area (Å²) in [6, 6.07) is 0. The molecule has 5 nitrogen and oxygen atoms in total. The minimum absolute atomic E-state index is 0.239. The highest BCUT2D eigenvalue weighted by Gasteiger charge is 2.40. The van der Waals surface area contributed by atoms with Crippen LogP contribution in [0.5, 0.6) is 0 Å². The number of hydrogen-bond acceptors (Lipinski definition) is 5. The lowest BCUT2D eigenvalue weighted by Crippen LogP contribution is -2.53. The Bertz CT molecular complexity index is 205. The van der Waals surface area contributed by atoms with Crippen LogP contribution in [0, 0.1) is 0 Å². The number of aliphatic hydroxyl groups excluding tert-OH is 4. The van der Waals surface area contributed by atoms with E-state index in [2.05, 4.69) is 0 Å². The second kappa shape index (κ2) is 4.21. The summed E-state index contributed by atoms with van der Waals surface area (Å²) in [7, 11) is 0.675. The molecule has 4 N–H and O–H groups in total. The van der Waals surface area contributed by atoms with Crippen LogP contribution in [0.3, 0.4) is 0 Å². The van der Waals surface area contributed by atoms with Gasteiger partial charge in [-0.2, -0.15) is 0 Å². The number of hydrogen-bond donors (Lipinski definition) is 4. The van der Waals surface area contributed by atoms with Crippen LogP contribution in [-0.2, 0) is 4.74 Å². The first kappa shape index (κ1) is 10.7. The lowest BCUT2D eigenvalue weighted by Gasteiger charge is -2.36. The standard InChI is InChI=1S/C7H14O5Si/c8-1-3-5(9)7(11)6(10)4(2-13)12-3/h2-3,5-11H,1H2,13H3/t3-,5-,6+,7+/m1/s1. The molecule has 0 aromatic carbocycles. The van der Waals surface area contributed by atoms with Crippen molar-refractivity contribution in [3.8, 4) is 0 Å². The van der Waals surface area contributed by atoms with Crippen LogP contribution < -0.4 is 0 Å². The maximum atomic E-state index is 9.36. The van der Waals surface area contributed by atoms with Crippen molar-refractivity contribution in [3.05, 3.63) is 11.5 Å². The molecule has 0 saturated carbocycles. The van der Waals surface area contributed by atoms with Crippen molar-refractivity contribution in [2.24, 2.45) is 0 Å². The third-order valence-electron chi connectivity index (χ3n) is 2.10. The van der Waals surface area contributed by atoms with Gasteiger partial charge in [-0.05, 0) is 0 Å². The highest BCUT2D eigenvalue weighted by Crippen LogP contribution is 2.22. The summed E-state index contributed by atoms with van der Waals surface area (Å²) in [5, 5.41) is 36.8. The van der Waals surface area contributed by atoms with Gasteiger partial charge in [0.1, 0.15) is 30.2 Å². The van der Waals surface area contributed by atoms with E-state index in [0.29, 0.717) is 10.2 Å². The van der Waals surface area contributed by atoms with E-state index in [9.17, 15) is 15.3 Å². The van der Waals surface area contributed by atoms with Gasteiger partial charge < -0.3 is 25.2 Å².